The highest BCUT2D eigenvalue weighted by molar-refractivity contribution is 5.70. The number of hydrogen-bond acceptors (Lipinski definition) is 2. The molecular weight excluding hydrogens is 240 g/mol. The molecule has 0 amide bonds. The van der Waals surface area contributed by atoms with E-state index in [4.69, 9.17) is 0 Å². The lowest BCUT2D eigenvalue weighted by Crippen LogP contribution is -2.28. The summed E-state index contributed by atoms with van der Waals surface area (Å²) in [6.07, 6.45) is 10.6. The van der Waals surface area contributed by atoms with E-state index in [1.807, 2.05) is 0 Å². The fraction of sp³-hybridized carbons (Fsp3) is 0.938. The first-order valence-corrected chi connectivity index (χ1v) is 8.04. The minimum atomic E-state index is -0.836. The van der Waals surface area contributed by atoms with Crippen LogP contribution in [0.2, 0.25) is 0 Å². The maximum Gasteiger partial charge on any atom is 0.309 e. The van der Waals surface area contributed by atoms with Crippen LogP contribution >= 0.6 is 0 Å². The van der Waals surface area contributed by atoms with Gasteiger partial charge in [0.2, 0.25) is 0 Å². The van der Waals surface area contributed by atoms with Gasteiger partial charge in [0.05, 0.1) is 12.0 Å². The zero-order chi connectivity index (χ0) is 14.5. The number of carbonyl (C=O) groups is 1. The summed E-state index contributed by atoms with van der Waals surface area (Å²) in [6, 6.07) is 0. The number of aliphatic hydroxyl groups excluding tert-OH is 1. The van der Waals surface area contributed by atoms with Crippen LogP contribution in [-0.2, 0) is 4.79 Å². The molecule has 0 aliphatic carbocycles. The lowest BCUT2D eigenvalue weighted by Gasteiger charge is -2.19. The Morgan fingerprint density at radius 1 is 0.842 bits per heavy atom. The van der Waals surface area contributed by atoms with Crippen LogP contribution in [0, 0.1) is 5.92 Å². The van der Waals surface area contributed by atoms with Crippen molar-refractivity contribution < 1.29 is 15.0 Å². The summed E-state index contributed by atoms with van der Waals surface area (Å²) in [6.45, 7) is 4.31. The number of rotatable bonds is 13. The molecule has 0 unspecified atom stereocenters. The van der Waals surface area contributed by atoms with Crippen LogP contribution < -0.4 is 0 Å². The number of aliphatic carboxylic acids is 1. The van der Waals surface area contributed by atoms with Crippen LogP contribution in [0.15, 0.2) is 0 Å². The van der Waals surface area contributed by atoms with Crippen molar-refractivity contribution in [1.82, 2.24) is 0 Å². The fourth-order valence-corrected chi connectivity index (χ4v) is 2.43. The van der Waals surface area contributed by atoms with Crippen LogP contribution in [0.1, 0.15) is 84.5 Å². The average molecular weight is 272 g/mol. The molecule has 2 atom stereocenters. The molecule has 114 valence electrons. The van der Waals surface area contributed by atoms with Gasteiger partial charge in [0.25, 0.3) is 0 Å². The molecule has 0 heterocycles. The predicted octanol–water partition coefficient (Wildman–Crippen LogP) is 4.38. The molecule has 0 spiro atoms. The normalized spacial score (nSPS) is 14.3. The number of carboxylic acids is 1. The number of aliphatic hydroxyl groups is 1. The number of carboxylic acid groups (broad SMARTS) is 1. The Balaban J connectivity index is 3.84. The minimum absolute atomic E-state index is 0.567. The molecule has 2 N–H and O–H groups in total. The van der Waals surface area contributed by atoms with Crippen LogP contribution in [0.25, 0.3) is 0 Å². The summed E-state index contributed by atoms with van der Waals surface area (Å²) in [5.74, 6) is -1.40. The molecule has 0 fully saturated rings. The molecule has 0 aliphatic rings. The zero-order valence-electron chi connectivity index (χ0n) is 12.7. The summed E-state index contributed by atoms with van der Waals surface area (Å²) >= 11 is 0. The van der Waals surface area contributed by atoms with Gasteiger partial charge in [-0.2, -0.15) is 0 Å². The van der Waals surface area contributed by atoms with E-state index in [0.717, 1.165) is 38.5 Å². The summed E-state index contributed by atoms with van der Waals surface area (Å²) in [5.41, 5.74) is 0. The molecule has 19 heavy (non-hydrogen) atoms. The van der Waals surface area contributed by atoms with E-state index >= 15 is 0 Å². The highest BCUT2D eigenvalue weighted by Crippen LogP contribution is 2.19. The molecule has 0 aromatic heterocycles. The van der Waals surface area contributed by atoms with E-state index in [0.29, 0.717) is 12.8 Å². The Kier molecular flexibility index (Phi) is 12.1. The van der Waals surface area contributed by atoms with Crippen molar-refractivity contribution in [3.05, 3.63) is 0 Å². The molecule has 0 bridgehead atoms. The van der Waals surface area contributed by atoms with Gasteiger partial charge in [-0.1, -0.05) is 71.6 Å². The Morgan fingerprint density at radius 3 is 1.84 bits per heavy atom. The van der Waals surface area contributed by atoms with Crippen molar-refractivity contribution in [2.45, 2.75) is 90.6 Å². The lowest BCUT2D eigenvalue weighted by atomic mass is 9.92. The summed E-state index contributed by atoms with van der Waals surface area (Å²) in [4.78, 5) is 11.2. The molecule has 0 aliphatic heterocycles. The van der Waals surface area contributed by atoms with Crippen LogP contribution in [0.3, 0.4) is 0 Å². The second-order valence-electron chi connectivity index (χ2n) is 5.56. The van der Waals surface area contributed by atoms with E-state index in [2.05, 4.69) is 13.8 Å². The predicted molar refractivity (Wildman–Crippen MR) is 79.3 cm³/mol. The van der Waals surface area contributed by atoms with Gasteiger partial charge in [-0.05, 0) is 12.8 Å². The maximum absolute atomic E-state index is 11.2. The van der Waals surface area contributed by atoms with Crippen molar-refractivity contribution in [2.24, 2.45) is 5.92 Å². The van der Waals surface area contributed by atoms with Gasteiger partial charge >= 0.3 is 5.97 Å². The van der Waals surface area contributed by atoms with Gasteiger partial charge in [0, 0.05) is 0 Å². The third-order valence-electron chi connectivity index (χ3n) is 3.75. The molecule has 0 aromatic rings. The van der Waals surface area contributed by atoms with E-state index < -0.39 is 18.0 Å². The molecule has 0 aromatic carbocycles. The SMILES string of the molecule is CCCCCCC[C@H](O)[C@@H](CCCCCC)C(=O)O. The molecule has 3 heteroatoms. The smallest absolute Gasteiger partial charge is 0.309 e. The van der Waals surface area contributed by atoms with Gasteiger partial charge in [-0.15, -0.1) is 0 Å². The molecular formula is C16H32O3. The van der Waals surface area contributed by atoms with Gasteiger partial charge in [-0.3, -0.25) is 4.79 Å². The summed E-state index contributed by atoms with van der Waals surface area (Å²) < 4.78 is 0. The van der Waals surface area contributed by atoms with Crippen molar-refractivity contribution in [1.29, 1.82) is 0 Å². The minimum Gasteiger partial charge on any atom is -0.481 e. The van der Waals surface area contributed by atoms with Crippen molar-refractivity contribution in [3.8, 4) is 0 Å². The average Bonchev–Trinajstić information content (AvgIpc) is 2.37. The van der Waals surface area contributed by atoms with E-state index in [-0.39, 0.29) is 0 Å². The fourth-order valence-electron chi connectivity index (χ4n) is 2.43. The first kappa shape index (κ1) is 18.4. The summed E-state index contributed by atoms with van der Waals surface area (Å²) in [5, 5.41) is 19.2. The topological polar surface area (TPSA) is 57.5 Å². The first-order chi connectivity index (χ1) is 9.13. The number of hydrogen-bond donors (Lipinski definition) is 2. The molecule has 0 radical (unpaired) electrons. The quantitative estimate of drug-likeness (QED) is 0.489. The van der Waals surface area contributed by atoms with Crippen LogP contribution in [-0.4, -0.2) is 22.3 Å². The third-order valence-corrected chi connectivity index (χ3v) is 3.75. The Bertz CT molecular complexity index is 216. The molecule has 0 rings (SSSR count). The highest BCUT2D eigenvalue weighted by atomic mass is 16.4. The molecule has 3 nitrogen and oxygen atoms in total. The third kappa shape index (κ3) is 9.94. The Morgan fingerprint density at radius 2 is 1.32 bits per heavy atom. The highest BCUT2D eigenvalue weighted by Gasteiger charge is 2.25. The van der Waals surface area contributed by atoms with Gasteiger partial charge in [-0.25, -0.2) is 0 Å². The van der Waals surface area contributed by atoms with Crippen LogP contribution in [0.4, 0.5) is 0 Å². The zero-order valence-corrected chi connectivity index (χ0v) is 12.7. The maximum atomic E-state index is 11.2. The van der Waals surface area contributed by atoms with E-state index in [1.165, 1.54) is 19.3 Å². The van der Waals surface area contributed by atoms with Crippen molar-refractivity contribution >= 4 is 5.97 Å². The molecule has 0 saturated carbocycles. The second kappa shape index (κ2) is 12.5. The van der Waals surface area contributed by atoms with Gasteiger partial charge in [0.15, 0.2) is 0 Å². The lowest BCUT2D eigenvalue weighted by molar-refractivity contribution is -0.146. The second-order valence-corrected chi connectivity index (χ2v) is 5.56. The van der Waals surface area contributed by atoms with Gasteiger partial charge < -0.3 is 10.2 Å². The first-order valence-electron chi connectivity index (χ1n) is 8.04. The van der Waals surface area contributed by atoms with Crippen LogP contribution in [0.5, 0.6) is 0 Å². The molecule has 0 saturated heterocycles. The van der Waals surface area contributed by atoms with Crippen molar-refractivity contribution in [2.75, 3.05) is 0 Å². The Labute approximate surface area is 118 Å². The largest absolute Gasteiger partial charge is 0.481 e. The summed E-state index contributed by atoms with van der Waals surface area (Å²) in [7, 11) is 0. The van der Waals surface area contributed by atoms with Crippen molar-refractivity contribution in [3.63, 3.8) is 0 Å². The van der Waals surface area contributed by atoms with Gasteiger partial charge in [0.1, 0.15) is 0 Å². The van der Waals surface area contributed by atoms with E-state index in [1.54, 1.807) is 0 Å². The van der Waals surface area contributed by atoms with E-state index in [9.17, 15) is 15.0 Å². The Hall–Kier alpha value is -0.570. The standard InChI is InChI=1S/C16H32O3/c1-3-5-7-9-11-13-15(17)14(16(18)19)12-10-8-6-4-2/h14-15,17H,3-13H2,1-2H3,(H,18,19)/t14-,15+/m1/s1. The number of unbranched alkanes of at least 4 members (excludes halogenated alkanes) is 7. The monoisotopic (exact) mass is 272 g/mol.